The fourth-order valence-electron chi connectivity index (χ4n) is 2.20. The van der Waals surface area contributed by atoms with Gasteiger partial charge in [-0.2, -0.15) is 0 Å². The van der Waals surface area contributed by atoms with Crippen molar-refractivity contribution in [1.82, 2.24) is 5.32 Å². The summed E-state index contributed by atoms with van der Waals surface area (Å²) in [5.74, 6) is -0.753. The molecule has 1 atom stereocenters. The minimum absolute atomic E-state index is 0.321. The molecule has 0 bridgehead atoms. The highest BCUT2D eigenvalue weighted by atomic mass is 35.5. The molecule has 0 aromatic heterocycles. The van der Waals surface area contributed by atoms with Crippen LogP contribution in [0.25, 0.3) is 0 Å². The highest BCUT2D eigenvalue weighted by Crippen LogP contribution is 2.31. The molecule has 2 aromatic rings. The molecule has 0 aliphatic carbocycles. The van der Waals surface area contributed by atoms with E-state index in [1.807, 2.05) is 6.07 Å². The van der Waals surface area contributed by atoms with Crippen molar-refractivity contribution < 1.29 is 8.78 Å². The first-order valence-corrected chi connectivity index (χ1v) is 6.29. The molecular formula is C15H14ClF2N. The quantitative estimate of drug-likeness (QED) is 0.887. The highest BCUT2D eigenvalue weighted by Gasteiger charge is 2.20. The molecule has 19 heavy (non-hydrogen) atoms. The summed E-state index contributed by atoms with van der Waals surface area (Å²) in [6.07, 6.45) is 0. The Balaban J connectivity index is 2.56. The average Bonchev–Trinajstić information content (AvgIpc) is 2.32. The number of halogens is 3. The van der Waals surface area contributed by atoms with Crippen molar-refractivity contribution in [3.8, 4) is 0 Å². The first-order valence-electron chi connectivity index (χ1n) is 5.91. The maximum Gasteiger partial charge on any atom is 0.129 e. The predicted octanol–water partition coefficient (Wildman–Crippen LogP) is 4.24. The van der Waals surface area contributed by atoms with Crippen LogP contribution in [0.4, 0.5) is 8.78 Å². The highest BCUT2D eigenvalue weighted by molar-refractivity contribution is 6.31. The molecule has 0 saturated heterocycles. The predicted molar refractivity (Wildman–Crippen MR) is 73.4 cm³/mol. The second kappa shape index (κ2) is 5.68. The zero-order valence-corrected chi connectivity index (χ0v) is 11.4. The summed E-state index contributed by atoms with van der Waals surface area (Å²) in [6, 6.07) is 8.66. The largest absolute Gasteiger partial charge is 0.309 e. The van der Waals surface area contributed by atoms with Crippen molar-refractivity contribution in [1.29, 1.82) is 0 Å². The van der Waals surface area contributed by atoms with Crippen LogP contribution >= 0.6 is 11.6 Å². The summed E-state index contributed by atoms with van der Waals surface area (Å²) in [6.45, 7) is 1.79. The van der Waals surface area contributed by atoms with Crippen LogP contribution in [0.2, 0.25) is 5.02 Å². The van der Waals surface area contributed by atoms with Crippen molar-refractivity contribution in [2.75, 3.05) is 7.05 Å². The van der Waals surface area contributed by atoms with Gasteiger partial charge in [-0.15, -0.1) is 0 Å². The molecule has 1 unspecified atom stereocenters. The molecule has 1 nitrogen and oxygen atoms in total. The molecule has 0 spiro atoms. The van der Waals surface area contributed by atoms with E-state index >= 15 is 0 Å². The van der Waals surface area contributed by atoms with E-state index in [1.54, 1.807) is 26.1 Å². The van der Waals surface area contributed by atoms with E-state index in [2.05, 4.69) is 5.32 Å². The molecule has 100 valence electrons. The van der Waals surface area contributed by atoms with Gasteiger partial charge in [-0.05, 0) is 49.4 Å². The van der Waals surface area contributed by atoms with Crippen LogP contribution in [0.5, 0.6) is 0 Å². The van der Waals surface area contributed by atoms with Crippen molar-refractivity contribution in [2.24, 2.45) is 0 Å². The topological polar surface area (TPSA) is 12.0 Å². The van der Waals surface area contributed by atoms with E-state index in [-0.39, 0.29) is 5.82 Å². The number of aryl methyl sites for hydroxylation is 1. The number of rotatable bonds is 3. The Kier molecular flexibility index (Phi) is 4.17. The van der Waals surface area contributed by atoms with E-state index in [0.717, 1.165) is 5.56 Å². The van der Waals surface area contributed by atoms with Gasteiger partial charge in [0, 0.05) is 10.6 Å². The maximum atomic E-state index is 14.0. The van der Waals surface area contributed by atoms with Gasteiger partial charge < -0.3 is 5.32 Å². The summed E-state index contributed by atoms with van der Waals surface area (Å²) in [5.41, 5.74) is 1.76. The molecule has 2 rings (SSSR count). The Hall–Kier alpha value is -1.45. The molecular weight excluding hydrogens is 268 g/mol. The van der Waals surface area contributed by atoms with E-state index in [9.17, 15) is 8.78 Å². The number of hydrogen-bond acceptors (Lipinski definition) is 1. The molecule has 0 radical (unpaired) electrons. The van der Waals surface area contributed by atoms with Gasteiger partial charge in [-0.25, -0.2) is 8.78 Å². The van der Waals surface area contributed by atoms with Crippen LogP contribution in [0.3, 0.4) is 0 Å². The summed E-state index contributed by atoms with van der Waals surface area (Å²) < 4.78 is 27.4. The van der Waals surface area contributed by atoms with Gasteiger partial charge in [0.25, 0.3) is 0 Å². The lowest BCUT2D eigenvalue weighted by Gasteiger charge is -2.19. The lowest BCUT2D eigenvalue weighted by atomic mass is 9.97. The van der Waals surface area contributed by atoms with Crippen LogP contribution in [0.15, 0.2) is 36.4 Å². The van der Waals surface area contributed by atoms with E-state index in [4.69, 9.17) is 11.6 Å². The molecule has 0 aliphatic rings. The van der Waals surface area contributed by atoms with Crippen molar-refractivity contribution in [3.63, 3.8) is 0 Å². The van der Waals surface area contributed by atoms with E-state index in [0.29, 0.717) is 16.1 Å². The Morgan fingerprint density at radius 3 is 2.47 bits per heavy atom. The Morgan fingerprint density at radius 1 is 1.16 bits per heavy atom. The molecule has 2 aromatic carbocycles. The summed E-state index contributed by atoms with van der Waals surface area (Å²) in [5, 5.41) is 3.30. The standard InChI is InChI=1S/C15H14ClF2N/c1-9-6-10(8-11(17)7-9)15(19-2)14-12(16)4-3-5-13(14)18/h3-8,15,19H,1-2H3. The van der Waals surface area contributed by atoms with Crippen LogP contribution in [0, 0.1) is 18.6 Å². The lowest BCUT2D eigenvalue weighted by Crippen LogP contribution is -2.19. The van der Waals surface area contributed by atoms with Gasteiger partial charge >= 0.3 is 0 Å². The summed E-state index contributed by atoms with van der Waals surface area (Å²) in [4.78, 5) is 0. The Labute approximate surface area is 116 Å². The Morgan fingerprint density at radius 2 is 1.89 bits per heavy atom. The van der Waals surface area contributed by atoms with Crippen LogP contribution in [-0.2, 0) is 0 Å². The fourth-order valence-corrected chi connectivity index (χ4v) is 2.47. The first-order chi connectivity index (χ1) is 9.02. The van der Waals surface area contributed by atoms with Crippen LogP contribution < -0.4 is 5.32 Å². The van der Waals surface area contributed by atoms with Crippen LogP contribution in [-0.4, -0.2) is 7.05 Å². The second-order valence-corrected chi connectivity index (χ2v) is 4.83. The molecule has 4 heteroatoms. The van der Waals surface area contributed by atoms with Gasteiger partial charge in [0.15, 0.2) is 0 Å². The zero-order chi connectivity index (χ0) is 14.0. The molecule has 0 aliphatic heterocycles. The van der Waals surface area contributed by atoms with E-state index < -0.39 is 11.9 Å². The number of hydrogen-bond donors (Lipinski definition) is 1. The third-order valence-electron chi connectivity index (χ3n) is 2.97. The molecule has 0 saturated carbocycles. The number of nitrogens with one attached hydrogen (secondary N) is 1. The number of benzene rings is 2. The SMILES string of the molecule is CNC(c1cc(C)cc(F)c1)c1c(F)cccc1Cl. The zero-order valence-electron chi connectivity index (χ0n) is 10.7. The molecule has 1 N–H and O–H groups in total. The van der Waals surface area contributed by atoms with Crippen LogP contribution in [0.1, 0.15) is 22.7 Å². The van der Waals surface area contributed by atoms with Crippen molar-refractivity contribution in [2.45, 2.75) is 13.0 Å². The average molecular weight is 282 g/mol. The second-order valence-electron chi connectivity index (χ2n) is 4.42. The van der Waals surface area contributed by atoms with Crippen molar-refractivity contribution >= 4 is 11.6 Å². The lowest BCUT2D eigenvalue weighted by molar-refractivity contribution is 0.571. The minimum atomic E-state index is -0.483. The third kappa shape index (κ3) is 2.94. The molecule has 0 amide bonds. The summed E-state index contributed by atoms with van der Waals surface area (Å²) >= 11 is 6.06. The third-order valence-corrected chi connectivity index (χ3v) is 3.30. The van der Waals surface area contributed by atoms with Gasteiger partial charge in [0.05, 0.1) is 6.04 Å². The fraction of sp³-hybridized carbons (Fsp3) is 0.200. The summed E-state index contributed by atoms with van der Waals surface area (Å²) in [7, 11) is 1.69. The smallest absolute Gasteiger partial charge is 0.129 e. The van der Waals surface area contributed by atoms with Gasteiger partial charge in [-0.3, -0.25) is 0 Å². The maximum absolute atomic E-state index is 14.0. The normalized spacial score (nSPS) is 12.5. The Bertz CT molecular complexity index is 558. The monoisotopic (exact) mass is 281 g/mol. The molecule has 0 fully saturated rings. The minimum Gasteiger partial charge on any atom is -0.309 e. The first kappa shape index (κ1) is 14.0. The van der Waals surface area contributed by atoms with Gasteiger partial charge in [-0.1, -0.05) is 23.7 Å². The van der Waals surface area contributed by atoms with Gasteiger partial charge in [0.2, 0.25) is 0 Å². The van der Waals surface area contributed by atoms with E-state index in [1.165, 1.54) is 18.2 Å². The van der Waals surface area contributed by atoms with Crippen molar-refractivity contribution in [3.05, 3.63) is 69.7 Å². The molecule has 0 heterocycles. The van der Waals surface area contributed by atoms with Gasteiger partial charge in [0.1, 0.15) is 11.6 Å².